The van der Waals surface area contributed by atoms with Gasteiger partial charge in [0.1, 0.15) is 0 Å². The van der Waals surface area contributed by atoms with E-state index in [1.165, 1.54) is 6.20 Å². The molecule has 0 unspecified atom stereocenters. The Balaban J connectivity index is 2.34. The summed E-state index contributed by atoms with van der Waals surface area (Å²) in [6.07, 6.45) is 1.49. The fourth-order valence-corrected chi connectivity index (χ4v) is 1.57. The average molecular weight is 243 g/mol. The van der Waals surface area contributed by atoms with Crippen LogP contribution in [0.25, 0.3) is 0 Å². The van der Waals surface area contributed by atoms with Gasteiger partial charge in [0.05, 0.1) is 31.1 Å². The van der Waals surface area contributed by atoms with Crippen LogP contribution in [0.4, 0.5) is 5.69 Å². The second kappa shape index (κ2) is 4.23. The third-order valence-corrected chi connectivity index (χ3v) is 2.70. The number of primary amides is 1. The van der Waals surface area contributed by atoms with Crippen molar-refractivity contribution in [1.29, 1.82) is 0 Å². The Labute approximate surface area is 97.4 Å². The molecule has 1 saturated heterocycles. The molecule has 1 aliphatic rings. The molecule has 2 rings (SSSR count). The Hall–Kier alpha value is -1.40. The molecule has 86 valence electrons. The first kappa shape index (κ1) is 11.1. The van der Waals surface area contributed by atoms with Gasteiger partial charge in [0, 0.05) is 7.05 Å². The van der Waals surface area contributed by atoms with Gasteiger partial charge in [-0.05, 0) is 11.6 Å². The van der Waals surface area contributed by atoms with E-state index in [1.807, 2.05) is 11.9 Å². The van der Waals surface area contributed by atoms with Gasteiger partial charge in [-0.25, -0.2) is 9.97 Å². The molecule has 0 aliphatic carbocycles. The fraction of sp³-hybridized carbons (Fsp3) is 0.444. The summed E-state index contributed by atoms with van der Waals surface area (Å²) < 4.78 is 5.08. The van der Waals surface area contributed by atoms with Crippen molar-refractivity contribution >= 4 is 23.2 Å². The molecular weight excluding hydrogens is 232 g/mol. The van der Waals surface area contributed by atoms with Crippen LogP contribution in [0.2, 0.25) is 5.28 Å². The molecule has 16 heavy (non-hydrogen) atoms. The lowest BCUT2D eigenvalue weighted by Gasteiger charge is -2.36. The number of nitrogens with zero attached hydrogens (tertiary/aromatic N) is 3. The van der Waals surface area contributed by atoms with Crippen molar-refractivity contribution in [2.45, 2.75) is 6.04 Å². The van der Waals surface area contributed by atoms with E-state index in [4.69, 9.17) is 22.1 Å². The molecule has 0 radical (unpaired) electrons. The Morgan fingerprint density at radius 2 is 2.38 bits per heavy atom. The highest BCUT2D eigenvalue weighted by molar-refractivity contribution is 6.28. The Morgan fingerprint density at radius 3 is 2.88 bits per heavy atom. The number of hydrogen-bond donors (Lipinski definition) is 1. The first-order chi connectivity index (χ1) is 7.59. The van der Waals surface area contributed by atoms with Crippen LogP contribution in [0, 0.1) is 0 Å². The van der Waals surface area contributed by atoms with Crippen molar-refractivity contribution < 1.29 is 9.53 Å². The largest absolute Gasteiger partial charge is 0.377 e. The Morgan fingerprint density at radius 1 is 1.69 bits per heavy atom. The number of nitrogens with two attached hydrogens (primary N) is 1. The van der Waals surface area contributed by atoms with Crippen LogP contribution in [0.3, 0.4) is 0 Å². The van der Waals surface area contributed by atoms with Crippen molar-refractivity contribution in [1.82, 2.24) is 9.97 Å². The van der Waals surface area contributed by atoms with Crippen molar-refractivity contribution in [3.63, 3.8) is 0 Å². The molecule has 1 aromatic heterocycles. The molecule has 1 amide bonds. The summed E-state index contributed by atoms with van der Waals surface area (Å²) in [4.78, 5) is 20.8. The third kappa shape index (κ3) is 1.94. The van der Waals surface area contributed by atoms with Crippen LogP contribution in [-0.2, 0) is 4.74 Å². The van der Waals surface area contributed by atoms with Gasteiger partial charge >= 0.3 is 0 Å². The second-order valence-electron chi connectivity index (χ2n) is 3.54. The van der Waals surface area contributed by atoms with Gasteiger partial charge in [-0.3, -0.25) is 4.79 Å². The summed E-state index contributed by atoms with van der Waals surface area (Å²) in [5.74, 6) is -0.619. The highest BCUT2D eigenvalue weighted by Crippen LogP contribution is 2.22. The maximum absolute atomic E-state index is 11.2. The molecule has 2 N–H and O–H groups in total. The van der Waals surface area contributed by atoms with Gasteiger partial charge in [0.15, 0.2) is 5.69 Å². The van der Waals surface area contributed by atoms with Crippen LogP contribution < -0.4 is 10.6 Å². The number of carbonyl (C=O) groups is 1. The molecule has 0 bridgehead atoms. The normalized spacial score (nSPS) is 15.6. The zero-order valence-corrected chi connectivity index (χ0v) is 9.44. The molecule has 7 heteroatoms. The highest BCUT2D eigenvalue weighted by Gasteiger charge is 2.26. The highest BCUT2D eigenvalue weighted by atomic mass is 35.5. The number of anilines is 1. The van der Waals surface area contributed by atoms with Crippen molar-refractivity contribution in [2.75, 3.05) is 25.2 Å². The summed E-state index contributed by atoms with van der Waals surface area (Å²) in [6, 6.07) is 0.225. The van der Waals surface area contributed by atoms with Crippen molar-refractivity contribution in [2.24, 2.45) is 5.73 Å². The maximum atomic E-state index is 11.2. The van der Waals surface area contributed by atoms with E-state index in [-0.39, 0.29) is 17.0 Å². The Bertz CT molecular complexity index is 422. The monoisotopic (exact) mass is 242 g/mol. The molecule has 0 saturated carbocycles. The van der Waals surface area contributed by atoms with E-state index in [0.717, 1.165) is 0 Å². The summed E-state index contributed by atoms with van der Waals surface area (Å²) in [6.45, 7) is 1.24. The van der Waals surface area contributed by atoms with Crippen LogP contribution in [-0.4, -0.2) is 42.2 Å². The summed E-state index contributed by atoms with van der Waals surface area (Å²) in [7, 11) is 1.84. The summed E-state index contributed by atoms with van der Waals surface area (Å²) in [5, 5.41) is 0.0100. The molecule has 6 nitrogen and oxygen atoms in total. The molecule has 1 aliphatic heterocycles. The van der Waals surface area contributed by atoms with E-state index in [0.29, 0.717) is 18.9 Å². The Kier molecular flexibility index (Phi) is 2.93. The van der Waals surface area contributed by atoms with Gasteiger partial charge in [-0.2, -0.15) is 0 Å². The molecule has 0 atom stereocenters. The lowest BCUT2D eigenvalue weighted by Crippen LogP contribution is -2.47. The number of aromatic nitrogens is 2. The van der Waals surface area contributed by atoms with Crippen LogP contribution in [0.15, 0.2) is 6.20 Å². The minimum atomic E-state index is -0.619. The molecule has 0 aromatic carbocycles. The quantitative estimate of drug-likeness (QED) is 0.759. The van der Waals surface area contributed by atoms with Gasteiger partial charge in [0.2, 0.25) is 5.28 Å². The molecule has 1 fully saturated rings. The summed E-state index contributed by atoms with van der Waals surface area (Å²) in [5.41, 5.74) is 5.94. The van der Waals surface area contributed by atoms with E-state index in [9.17, 15) is 4.79 Å². The fourth-order valence-electron chi connectivity index (χ4n) is 1.44. The van der Waals surface area contributed by atoms with Crippen molar-refractivity contribution in [3.05, 3.63) is 17.2 Å². The van der Waals surface area contributed by atoms with Crippen LogP contribution in [0.5, 0.6) is 0 Å². The van der Waals surface area contributed by atoms with E-state index < -0.39 is 5.91 Å². The van der Waals surface area contributed by atoms with E-state index >= 15 is 0 Å². The van der Waals surface area contributed by atoms with E-state index in [2.05, 4.69) is 9.97 Å². The SMILES string of the molecule is CN(c1cnc(Cl)nc1C(N)=O)C1COC1. The number of hydrogen-bond acceptors (Lipinski definition) is 5. The number of ether oxygens (including phenoxy) is 1. The first-order valence-corrected chi connectivity index (χ1v) is 5.10. The number of amides is 1. The van der Waals surface area contributed by atoms with Gasteiger partial charge in [-0.1, -0.05) is 0 Å². The first-order valence-electron chi connectivity index (χ1n) is 4.72. The predicted molar refractivity (Wildman–Crippen MR) is 58.6 cm³/mol. The standard InChI is InChI=1S/C9H11ClN4O2/c1-14(5-3-16-4-5)6-2-12-9(10)13-7(6)8(11)15/h2,5H,3-4H2,1H3,(H2,11,15). The zero-order chi connectivity index (χ0) is 11.7. The molecular formula is C9H11ClN4O2. The van der Waals surface area contributed by atoms with Crippen molar-refractivity contribution in [3.8, 4) is 0 Å². The zero-order valence-electron chi connectivity index (χ0n) is 8.68. The summed E-state index contributed by atoms with van der Waals surface area (Å²) >= 11 is 5.62. The number of likely N-dealkylation sites (N-methyl/N-ethyl adjacent to an activating group) is 1. The maximum Gasteiger partial charge on any atom is 0.269 e. The number of halogens is 1. The van der Waals surface area contributed by atoms with Crippen LogP contribution in [0.1, 0.15) is 10.5 Å². The minimum absolute atomic E-state index is 0.0100. The second-order valence-corrected chi connectivity index (χ2v) is 3.88. The average Bonchev–Trinajstić information content (AvgIpc) is 2.14. The van der Waals surface area contributed by atoms with Gasteiger partial charge in [0.25, 0.3) is 5.91 Å². The lowest BCUT2D eigenvalue weighted by atomic mass is 10.2. The molecule has 2 heterocycles. The topological polar surface area (TPSA) is 81.3 Å². The molecule has 0 spiro atoms. The van der Waals surface area contributed by atoms with E-state index in [1.54, 1.807) is 0 Å². The number of rotatable bonds is 3. The lowest BCUT2D eigenvalue weighted by molar-refractivity contribution is 0.0100. The van der Waals surface area contributed by atoms with Gasteiger partial charge < -0.3 is 15.4 Å². The smallest absolute Gasteiger partial charge is 0.269 e. The van der Waals surface area contributed by atoms with Crippen LogP contribution >= 0.6 is 11.6 Å². The predicted octanol–water partition coefficient (Wildman–Crippen LogP) is 0.0639. The molecule has 1 aromatic rings. The third-order valence-electron chi connectivity index (χ3n) is 2.52. The number of carbonyl (C=O) groups excluding carboxylic acids is 1. The minimum Gasteiger partial charge on any atom is -0.377 e. The van der Waals surface area contributed by atoms with Gasteiger partial charge in [-0.15, -0.1) is 0 Å².